The fraction of sp³-hybridized carbons (Fsp3) is 0.353. The average Bonchev–Trinajstić information content (AvgIpc) is 3.29. The minimum atomic E-state index is -0.952. The van der Waals surface area contributed by atoms with Gasteiger partial charge in [0.15, 0.2) is 5.12 Å². The van der Waals surface area contributed by atoms with Gasteiger partial charge >= 0.3 is 5.97 Å². The Balaban J connectivity index is 1.66. The number of nitrogens with zero attached hydrogens (tertiary/aromatic N) is 2. The Labute approximate surface area is 251 Å². The number of carbonyl (C=O) groups is 3. The predicted octanol–water partition coefficient (Wildman–Crippen LogP) is 7.13. The van der Waals surface area contributed by atoms with Crippen LogP contribution in [0.3, 0.4) is 0 Å². The number of hydrogen-bond acceptors (Lipinski definition) is 5. The van der Waals surface area contributed by atoms with Gasteiger partial charge in [-0.25, -0.2) is 9.78 Å². The molecule has 0 spiro atoms. The number of benzene rings is 3. The number of imidazole rings is 1. The molecule has 8 heteroatoms. The summed E-state index contributed by atoms with van der Waals surface area (Å²) in [6.45, 7) is 10.4. The zero-order valence-electron chi connectivity index (χ0n) is 24.9. The molecule has 0 saturated carbocycles. The molecule has 3 aromatic carbocycles. The van der Waals surface area contributed by atoms with Crippen LogP contribution in [0.2, 0.25) is 0 Å². The molecule has 0 fully saturated rings. The fourth-order valence-electron chi connectivity index (χ4n) is 5.28. The molecule has 1 heterocycles. The van der Waals surface area contributed by atoms with Gasteiger partial charge in [-0.05, 0) is 66.1 Å². The Kier molecular flexibility index (Phi) is 10.2. The minimum Gasteiger partial charge on any atom is -0.478 e. The van der Waals surface area contributed by atoms with Gasteiger partial charge in [0, 0.05) is 37.2 Å². The second-order valence-corrected chi connectivity index (χ2v) is 12.4. The Morgan fingerprint density at radius 2 is 1.76 bits per heavy atom. The highest BCUT2D eigenvalue weighted by molar-refractivity contribution is 8.13. The Bertz CT molecular complexity index is 1590. The highest BCUT2D eigenvalue weighted by atomic mass is 32.2. The standard InChI is InChI=1S/C34H39N3O4S/c1-6-9-31-36-32-22(4)17-26(33(39)35-27(16-21(2)3)20-42-23(5)38)18-30(32)37(31)19-24-12-14-25(15-13-24)28-10-7-8-11-29(28)34(40)41/h7-8,10-15,17-18,21,27H,6,9,16,19-20H2,1-5H3,(H,35,39)(H,40,41)/t27-/m1/s1. The van der Waals surface area contributed by atoms with Crippen LogP contribution in [0.4, 0.5) is 0 Å². The second kappa shape index (κ2) is 13.8. The summed E-state index contributed by atoms with van der Waals surface area (Å²) in [5, 5.41) is 12.8. The third-order valence-electron chi connectivity index (χ3n) is 7.20. The van der Waals surface area contributed by atoms with E-state index in [9.17, 15) is 19.5 Å². The van der Waals surface area contributed by atoms with Crippen LogP contribution in [0, 0.1) is 12.8 Å². The van der Waals surface area contributed by atoms with E-state index < -0.39 is 5.97 Å². The van der Waals surface area contributed by atoms with E-state index in [1.807, 2.05) is 55.5 Å². The van der Waals surface area contributed by atoms with Crippen LogP contribution in [0.5, 0.6) is 0 Å². The van der Waals surface area contributed by atoms with Gasteiger partial charge in [0.05, 0.1) is 16.6 Å². The summed E-state index contributed by atoms with van der Waals surface area (Å²) in [6.07, 6.45) is 2.53. The van der Waals surface area contributed by atoms with Crippen LogP contribution >= 0.6 is 11.8 Å². The van der Waals surface area contributed by atoms with Crippen molar-refractivity contribution >= 4 is 39.8 Å². The highest BCUT2D eigenvalue weighted by Crippen LogP contribution is 2.27. The van der Waals surface area contributed by atoms with Gasteiger partial charge in [0.25, 0.3) is 5.91 Å². The van der Waals surface area contributed by atoms with E-state index in [2.05, 4.69) is 30.7 Å². The van der Waals surface area contributed by atoms with Crippen LogP contribution in [0.1, 0.15) is 78.2 Å². The molecule has 220 valence electrons. The molecule has 0 saturated heterocycles. The van der Waals surface area contributed by atoms with Gasteiger partial charge in [-0.1, -0.05) is 75.0 Å². The molecule has 4 aromatic rings. The van der Waals surface area contributed by atoms with E-state index in [1.54, 1.807) is 19.1 Å². The molecule has 0 bridgehead atoms. The van der Waals surface area contributed by atoms with Crippen molar-refractivity contribution in [3.05, 3.63) is 88.7 Å². The number of amides is 1. The van der Waals surface area contributed by atoms with Gasteiger partial charge in [0.2, 0.25) is 0 Å². The molecular weight excluding hydrogens is 546 g/mol. The lowest BCUT2D eigenvalue weighted by Crippen LogP contribution is -2.38. The number of aromatic carboxylic acids is 1. The third-order valence-corrected chi connectivity index (χ3v) is 8.18. The smallest absolute Gasteiger partial charge is 0.336 e. The molecule has 2 N–H and O–H groups in total. The first-order valence-corrected chi connectivity index (χ1v) is 15.4. The summed E-state index contributed by atoms with van der Waals surface area (Å²) in [7, 11) is 0. The molecule has 1 atom stereocenters. The lowest BCUT2D eigenvalue weighted by molar-refractivity contribution is -0.109. The van der Waals surface area contributed by atoms with Crippen molar-refractivity contribution in [2.45, 2.75) is 66.5 Å². The first-order chi connectivity index (χ1) is 20.1. The van der Waals surface area contributed by atoms with Gasteiger partial charge in [-0.2, -0.15) is 0 Å². The second-order valence-electron chi connectivity index (χ2n) is 11.2. The molecule has 1 amide bonds. The Hall–Kier alpha value is -3.91. The lowest BCUT2D eigenvalue weighted by atomic mass is 9.98. The fourth-order valence-corrected chi connectivity index (χ4v) is 5.94. The van der Waals surface area contributed by atoms with Gasteiger partial charge in [0.1, 0.15) is 5.82 Å². The van der Waals surface area contributed by atoms with Crippen molar-refractivity contribution in [1.82, 2.24) is 14.9 Å². The number of hydrogen-bond donors (Lipinski definition) is 2. The third kappa shape index (κ3) is 7.48. The predicted molar refractivity (Wildman–Crippen MR) is 170 cm³/mol. The largest absolute Gasteiger partial charge is 0.478 e. The number of aryl methyl sites for hydroxylation is 2. The number of carbonyl (C=O) groups excluding carboxylic acids is 2. The molecule has 0 unspecified atom stereocenters. The molecule has 42 heavy (non-hydrogen) atoms. The van der Waals surface area contributed by atoms with Gasteiger partial charge in [-0.15, -0.1) is 0 Å². The summed E-state index contributed by atoms with van der Waals surface area (Å²) < 4.78 is 2.18. The normalized spacial score (nSPS) is 12.0. The van der Waals surface area contributed by atoms with Crippen molar-refractivity contribution in [2.75, 3.05) is 5.75 Å². The molecule has 4 rings (SSSR count). The SMILES string of the molecule is CCCc1nc2c(C)cc(C(=O)N[C@@H](CSC(C)=O)CC(C)C)cc2n1Cc1ccc(-c2ccccc2C(=O)O)cc1. The Morgan fingerprint density at radius 3 is 2.40 bits per heavy atom. The van der Waals surface area contributed by atoms with E-state index in [4.69, 9.17) is 4.98 Å². The average molecular weight is 586 g/mol. The van der Waals surface area contributed by atoms with E-state index in [0.717, 1.165) is 52.8 Å². The monoisotopic (exact) mass is 585 g/mol. The summed E-state index contributed by atoms with van der Waals surface area (Å²) in [5.74, 6) is 0.790. The van der Waals surface area contributed by atoms with Crippen LogP contribution in [0.25, 0.3) is 22.2 Å². The minimum absolute atomic E-state index is 0.0433. The van der Waals surface area contributed by atoms with E-state index in [-0.39, 0.29) is 22.6 Å². The zero-order valence-corrected chi connectivity index (χ0v) is 25.8. The van der Waals surface area contributed by atoms with Crippen molar-refractivity contribution < 1.29 is 19.5 Å². The van der Waals surface area contributed by atoms with Gasteiger partial charge in [-0.3, -0.25) is 9.59 Å². The van der Waals surface area contributed by atoms with Crippen molar-refractivity contribution in [2.24, 2.45) is 5.92 Å². The van der Waals surface area contributed by atoms with Crippen molar-refractivity contribution in [3.63, 3.8) is 0 Å². The Morgan fingerprint density at radius 1 is 1.05 bits per heavy atom. The summed E-state index contributed by atoms with van der Waals surface area (Å²) in [6, 6.07) is 18.7. The maximum atomic E-state index is 13.5. The number of carboxylic acid groups (broad SMARTS) is 1. The van der Waals surface area contributed by atoms with Crippen LogP contribution < -0.4 is 5.32 Å². The first-order valence-electron chi connectivity index (χ1n) is 14.4. The molecule has 0 radical (unpaired) electrons. The summed E-state index contributed by atoms with van der Waals surface area (Å²) in [5.41, 5.74) is 6.14. The maximum Gasteiger partial charge on any atom is 0.336 e. The number of carboxylic acids is 1. The number of fused-ring (bicyclic) bond motifs is 1. The number of aromatic nitrogens is 2. The van der Waals surface area contributed by atoms with Crippen LogP contribution in [0.15, 0.2) is 60.7 Å². The highest BCUT2D eigenvalue weighted by Gasteiger charge is 2.20. The topological polar surface area (TPSA) is 101 Å². The molecule has 7 nitrogen and oxygen atoms in total. The quantitative estimate of drug-likeness (QED) is 0.183. The van der Waals surface area contributed by atoms with Gasteiger partial charge < -0.3 is 15.0 Å². The van der Waals surface area contributed by atoms with E-state index in [0.29, 0.717) is 29.3 Å². The summed E-state index contributed by atoms with van der Waals surface area (Å²) in [4.78, 5) is 41.7. The van der Waals surface area contributed by atoms with E-state index in [1.165, 1.54) is 11.8 Å². The van der Waals surface area contributed by atoms with Crippen LogP contribution in [-0.4, -0.2) is 43.4 Å². The molecule has 0 aliphatic rings. The van der Waals surface area contributed by atoms with Crippen molar-refractivity contribution in [1.29, 1.82) is 0 Å². The first kappa shape index (κ1) is 31.0. The molecule has 1 aromatic heterocycles. The van der Waals surface area contributed by atoms with E-state index >= 15 is 0 Å². The lowest BCUT2D eigenvalue weighted by Gasteiger charge is -2.20. The maximum absolute atomic E-state index is 13.5. The number of nitrogens with one attached hydrogen (secondary N) is 1. The molecule has 0 aliphatic heterocycles. The summed E-state index contributed by atoms with van der Waals surface area (Å²) >= 11 is 1.24. The van der Waals surface area contributed by atoms with Crippen molar-refractivity contribution in [3.8, 4) is 11.1 Å². The van der Waals surface area contributed by atoms with Crippen LogP contribution in [-0.2, 0) is 17.8 Å². The number of rotatable bonds is 12. The number of thioether (sulfide) groups is 1. The molecular formula is C34H39N3O4S. The molecule has 0 aliphatic carbocycles. The zero-order chi connectivity index (χ0) is 30.4.